The van der Waals surface area contributed by atoms with Gasteiger partial charge in [-0.25, -0.2) is 13.4 Å². The summed E-state index contributed by atoms with van der Waals surface area (Å²) in [6.45, 7) is 0.278. The highest BCUT2D eigenvalue weighted by atomic mass is 35.5. The van der Waals surface area contributed by atoms with Gasteiger partial charge < -0.3 is 4.90 Å². The van der Waals surface area contributed by atoms with Crippen LogP contribution >= 0.6 is 11.6 Å². The number of hydrogen-bond donors (Lipinski definition) is 0. The summed E-state index contributed by atoms with van der Waals surface area (Å²) in [6, 6.07) is 3.46. The minimum atomic E-state index is -3.03. The number of pyridine rings is 1. The molecular weight excluding hydrogens is 262 g/mol. The second kappa shape index (κ2) is 5.34. The van der Waals surface area contributed by atoms with Crippen LogP contribution in [0.4, 0.5) is 5.82 Å². The van der Waals surface area contributed by atoms with E-state index in [0.29, 0.717) is 11.4 Å². The predicted octanol–water partition coefficient (Wildman–Crippen LogP) is 1.09. The molecule has 1 aromatic heterocycles. The molecular formula is C10H12ClN3O2S. The molecule has 92 valence electrons. The third kappa shape index (κ3) is 3.88. The summed E-state index contributed by atoms with van der Waals surface area (Å²) in [6.07, 6.45) is 2.64. The Morgan fingerprint density at radius 2 is 2.24 bits per heavy atom. The molecule has 0 atom stereocenters. The molecule has 0 N–H and O–H groups in total. The molecule has 0 bridgehead atoms. The zero-order chi connectivity index (χ0) is 13.1. The van der Waals surface area contributed by atoms with E-state index in [1.807, 2.05) is 6.07 Å². The highest BCUT2D eigenvalue weighted by Crippen LogP contribution is 2.25. The van der Waals surface area contributed by atoms with Gasteiger partial charge in [-0.05, 0) is 6.07 Å². The van der Waals surface area contributed by atoms with Gasteiger partial charge in [-0.2, -0.15) is 5.26 Å². The van der Waals surface area contributed by atoms with Gasteiger partial charge in [-0.15, -0.1) is 0 Å². The van der Waals surface area contributed by atoms with E-state index in [4.69, 9.17) is 16.9 Å². The van der Waals surface area contributed by atoms with Crippen molar-refractivity contribution in [3.8, 4) is 6.07 Å². The molecule has 0 saturated heterocycles. The molecule has 0 spiro atoms. The van der Waals surface area contributed by atoms with E-state index in [1.54, 1.807) is 11.9 Å². The Kier molecular flexibility index (Phi) is 4.32. The standard InChI is InChI=1S/C10H12ClN3O2S/c1-14(5-6-17(2,15)16)10-9(11)8(7-12)3-4-13-10/h3-4H,5-6H2,1-2H3. The molecule has 1 aromatic rings. The average Bonchev–Trinajstić information content (AvgIpc) is 2.25. The number of nitrogens with zero attached hydrogens (tertiary/aromatic N) is 3. The third-order valence-corrected chi connectivity index (χ3v) is 3.45. The molecule has 0 unspecified atom stereocenters. The van der Waals surface area contributed by atoms with Crippen molar-refractivity contribution in [2.45, 2.75) is 0 Å². The Morgan fingerprint density at radius 1 is 1.59 bits per heavy atom. The lowest BCUT2D eigenvalue weighted by molar-refractivity contribution is 0.601. The maximum atomic E-state index is 11.0. The molecule has 5 nitrogen and oxygen atoms in total. The van der Waals surface area contributed by atoms with Crippen molar-refractivity contribution in [2.24, 2.45) is 0 Å². The number of aromatic nitrogens is 1. The SMILES string of the molecule is CN(CCS(C)(=O)=O)c1nccc(C#N)c1Cl. The lowest BCUT2D eigenvalue weighted by Crippen LogP contribution is -2.26. The van der Waals surface area contributed by atoms with Crippen LogP contribution in [0.25, 0.3) is 0 Å². The minimum absolute atomic E-state index is 0.0122. The number of hydrogen-bond acceptors (Lipinski definition) is 5. The van der Waals surface area contributed by atoms with Gasteiger partial charge in [0.25, 0.3) is 0 Å². The van der Waals surface area contributed by atoms with Gasteiger partial charge in [0.1, 0.15) is 26.7 Å². The molecule has 0 aliphatic rings. The van der Waals surface area contributed by atoms with E-state index in [-0.39, 0.29) is 17.3 Å². The maximum absolute atomic E-state index is 11.0. The molecule has 1 heterocycles. The van der Waals surface area contributed by atoms with E-state index >= 15 is 0 Å². The Morgan fingerprint density at radius 3 is 2.76 bits per heavy atom. The van der Waals surface area contributed by atoms with E-state index in [1.165, 1.54) is 18.5 Å². The maximum Gasteiger partial charge on any atom is 0.149 e. The molecule has 1 rings (SSSR count). The highest BCUT2D eigenvalue weighted by Gasteiger charge is 2.13. The topological polar surface area (TPSA) is 74.1 Å². The Balaban J connectivity index is 2.90. The van der Waals surface area contributed by atoms with Crippen molar-refractivity contribution in [3.05, 3.63) is 22.8 Å². The molecule has 0 fully saturated rings. The Hall–Kier alpha value is -1.32. The first-order valence-electron chi connectivity index (χ1n) is 4.78. The number of nitriles is 1. The monoisotopic (exact) mass is 273 g/mol. The van der Waals surface area contributed by atoms with Crippen LogP contribution in [0.15, 0.2) is 12.3 Å². The van der Waals surface area contributed by atoms with Gasteiger partial charge in [0.05, 0.1) is 11.3 Å². The quantitative estimate of drug-likeness (QED) is 0.821. The molecule has 0 aliphatic carbocycles. The van der Waals surface area contributed by atoms with Crippen LogP contribution in [-0.4, -0.2) is 39.0 Å². The van der Waals surface area contributed by atoms with Crippen molar-refractivity contribution < 1.29 is 8.42 Å². The van der Waals surface area contributed by atoms with E-state index in [0.717, 1.165) is 0 Å². The van der Waals surface area contributed by atoms with Crippen LogP contribution in [0.1, 0.15) is 5.56 Å². The summed E-state index contributed by atoms with van der Waals surface area (Å²) in [5, 5.41) is 9.05. The molecule has 7 heteroatoms. The summed E-state index contributed by atoms with van der Waals surface area (Å²) < 4.78 is 22.1. The van der Waals surface area contributed by atoms with Gasteiger partial charge in [0.2, 0.25) is 0 Å². The molecule has 0 aromatic carbocycles. The second-order valence-electron chi connectivity index (χ2n) is 3.66. The van der Waals surface area contributed by atoms with Gasteiger partial charge in [-0.1, -0.05) is 11.6 Å². The first-order valence-corrected chi connectivity index (χ1v) is 7.22. The summed E-state index contributed by atoms with van der Waals surface area (Å²) in [5.41, 5.74) is 0.322. The summed E-state index contributed by atoms with van der Waals surface area (Å²) >= 11 is 5.98. The smallest absolute Gasteiger partial charge is 0.149 e. The Bertz CT molecular complexity index is 551. The summed E-state index contributed by atoms with van der Waals surface area (Å²) in [7, 11) is -1.35. The normalized spacial score (nSPS) is 10.9. The fourth-order valence-electron chi connectivity index (χ4n) is 1.19. The first-order chi connectivity index (χ1) is 7.85. The lowest BCUT2D eigenvalue weighted by Gasteiger charge is -2.18. The lowest BCUT2D eigenvalue weighted by atomic mass is 10.3. The Labute approximate surface area is 106 Å². The summed E-state index contributed by atoms with van der Waals surface area (Å²) in [4.78, 5) is 5.65. The fraction of sp³-hybridized carbons (Fsp3) is 0.400. The average molecular weight is 274 g/mol. The van der Waals surface area contributed by atoms with Crippen LogP contribution < -0.4 is 4.90 Å². The molecule has 0 saturated carbocycles. The van der Waals surface area contributed by atoms with Gasteiger partial charge >= 0.3 is 0 Å². The zero-order valence-corrected chi connectivity index (χ0v) is 11.1. The zero-order valence-electron chi connectivity index (χ0n) is 9.51. The minimum Gasteiger partial charge on any atom is -0.357 e. The number of sulfone groups is 1. The van der Waals surface area contributed by atoms with Gasteiger partial charge in [0, 0.05) is 26.0 Å². The third-order valence-electron chi connectivity index (χ3n) is 2.15. The van der Waals surface area contributed by atoms with Gasteiger partial charge in [-0.3, -0.25) is 0 Å². The highest BCUT2D eigenvalue weighted by molar-refractivity contribution is 7.90. The van der Waals surface area contributed by atoms with Crippen LogP contribution in [0.5, 0.6) is 0 Å². The van der Waals surface area contributed by atoms with Crippen molar-refractivity contribution in [1.29, 1.82) is 5.26 Å². The summed E-state index contributed by atoms with van der Waals surface area (Å²) in [5.74, 6) is 0.424. The van der Waals surface area contributed by atoms with Crippen LogP contribution in [0.3, 0.4) is 0 Å². The van der Waals surface area contributed by atoms with Crippen LogP contribution in [0.2, 0.25) is 5.02 Å². The van der Waals surface area contributed by atoms with E-state index < -0.39 is 9.84 Å². The molecule has 0 aliphatic heterocycles. The van der Waals surface area contributed by atoms with Gasteiger partial charge in [0.15, 0.2) is 0 Å². The van der Waals surface area contributed by atoms with Crippen molar-refractivity contribution in [1.82, 2.24) is 4.98 Å². The number of anilines is 1. The predicted molar refractivity (Wildman–Crippen MR) is 66.9 cm³/mol. The van der Waals surface area contributed by atoms with Crippen LogP contribution in [-0.2, 0) is 9.84 Å². The first kappa shape index (κ1) is 13.7. The number of halogens is 1. The van der Waals surface area contributed by atoms with Crippen molar-refractivity contribution >= 4 is 27.3 Å². The molecule has 17 heavy (non-hydrogen) atoms. The van der Waals surface area contributed by atoms with E-state index in [9.17, 15) is 8.42 Å². The number of rotatable bonds is 4. The molecule has 0 radical (unpaired) electrons. The fourth-order valence-corrected chi connectivity index (χ4v) is 2.10. The van der Waals surface area contributed by atoms with Crippen LogP contribution in [0, 0.1) is 11.3 Å². The molecule has 0 amide bonds. The largest absolute Gasteiger partial charge is 0.357 e. The second-order valence-corrected chi connectivity index (χ2v) is 6.30. The van der Waals surface area contributed by atoms with Crippen molar-refractivity contribution in [2.75, 3.05) is 30.5 Å². The van der Waals surface area contributed by atoms with E-state index in [2.05, 4.69) is 4.98 Å². The van der Waals surface area contributed by atoms with Crippen molar-refractivity contribution in [3.63, 3.8) is 0 Å².